The maximum absolute atomic E-state index is 12.3. The average Bonchev–Trinajstić information content (AvgIpc) is 2.41. The average molecular weight is 314 g/mol. The van der Waals surface area contributed by atoms with E-state index in [-0.39, 0.29) is 10.9 Å². The van der Waals surface area contributed by atoms with Crippen LogP contribution in [-0.2, 0) is 10.0 Å². The summed E-state index contributed by atoms with van der Waals surface area (Å²) in [6, 6.07) is 3.08. The zero-order valence-electron chi connectivity index (χ0n) is 11.6. The molecule has 1 aliphatic rings. The first-order valence-electron chi connectivity index (χ1n) is 6.57. The number of phenols is 1. The van der Waals surface area contributed by atoms with Gasteiger partial charge >= 0.3 is 5.97 Å². The molecule has 1 heterocycles. The largest absolute Gasteiger partial charge is 0.507 e. The maximum atomic E-state index is 12.3. The Morgan fingerprint density at radius 2 is 1.95 bits per heavy atom. The number of carbonyl (C=O) groups is 1. The summed E-state index contributed by atoms with van der Waals surface area (Å²) in [5, 5.41) is 18.3. The highest BCUT2D eigenvalue weighted by Gasteiger charge is 2.24. The molecule has 1 saturated heterocycles. The van der Waals surface area contributed by atoms with Crippen molar-refractivity contribution in [3.63, 3.8) is 0 Å². The van der Waals surface area contributed by atoms with E-state index >= 15 is 0 Å². The third-order valence-corrected chi connectivity index (χ3v) is 5.07. The van der Waals surface area contributed by atoms with Crippen LogP contribution < -0.4 is 4.72 Å². The summed E-state index contributed by atoms with van der Waals surface area (Å²) >= 11 is 0. The first kappa shape index (κ1) is 15.7. The van der Waals surface area contributed by atoms with Gasteiger partial charge in [-0.1, -0.05) is 0 Å². The molecule has 0 amide bonds. The Labute approximate surface area is 123 Å². The number of likely N-dealkylation sites (tertiary alicyclic amines) is 1. The molecule has 0 bridgehead atoms. The van der Waals surface area contributed by atoms with Crippen molar-refractivity contribution in [2.24, 2.45) is 0 Å². The van der Waals surface area contributed by atoms with Crippen molar-refractivity contribution in [3.05, 3.63) is 23.8 Å². The highest BCUT2D eigenvalue weighted by Crippen LogP contribution is 2.22. The van der Waals surface area contributed by atoms with E-state index in [0.29, 0.717) is 12.8 Å². The fourth-order valence-electron chi connectivity index (χ4n) is 2.27. The number of aromatic carboxylic acids is 1. The molecule has 1 aliphatic heterocycles. The molecule has 3 N–H and O–H groups in total. The van der Waals surface area contributed by atoms with Crippen LogP contribution in [0.1, 0.15) is 23.2 Å². The highest BCUT2D eigenvalue weighted by molar-refractivity contribution is 7.89. The minimum Gasteiger partial charge on any atom is -0.507 e. The number of hydrogen-bond donors (Lipinski definition) is 3. The summed E-state index contributed by atoms with van der Waals surface area (Å²) in [6.45, 7) is 1.62. The van der Waals surface area contributed by atoms with Crippen LogP contribution in [0.2, 0.25) is 0 Å². The lowest BCUT2D eigenvalue weighted by Gasteiger charge is -2.29. The standard InChI is InChI=1S/C13H18N2O5S/c1-15-6-4-9(5-7-15)14-21(19,20)10-2-3-12(16)11(8-10)13(17)18/h2-3,8-9,14,16H,4-7H2,1H3,(H,17,18). The normalized spacial score (nSPS) is 17.8. The number of hydrogen-bond acceptors (Lipinski definition) is 5. The molecule has 0 aromatic heterocycles. The van der Waals surface area contributed by atoms with Gasteiger partial charge in [-0.3, -0.25) is 0 Å². The summed E-state index contributed by atoms with van der Waals surface area (Å²) in [7, 11) is -1.82. The molecular weight excluding hydrogens is 296 g/mol. The molecule has 7 nitrogen and oxygen atoms in total. The minimum absolute atomic E-state index is 0.156. The van der Waals surface area contributed by atoms with Crippen LogP contribution in [0.15, 0.2) is 23.1 Å². The number of nitrogens with zero attached hydrogens (tertiary/aromatic N) is 1. The van der Waals surface area contributed by atoms with Crippen molar-refractivity contribution in [2.45, 2.75) is 23.8 Å². The molecule has 1 aromatic rings. The Balaban J connectivity index is 2.20. The number of carboxylic acids is 1. The molecular formula is C13H18N2O5S. The number of piperidine rings is 1. The lowest BCUT2D eigenvalue weighted by Crippen LogP contribution is -2.43. The van der Waals surface area contributed by atoms with Crippen molar-refractivity contribution in [1.29, 1.82) is 0 Å². The number of rotatable bonds is 4. The van der Waals surface area contributed by atoms with E-state index in [1.807, 2.05) is 7.05 Å². The third kappa shape index (κ3) is 3.72. The fraction of sp³-hybridized carbons (Fsp3) is 0.462. The van der Waals surface area contributed by atoms with Gasteiger partial charge in [0, 0.05) is 6.04 Å². The number of aromatic hydroxyl groups is 1. The smallest absolute Gasteiger partial charge is 0.339 e. The van der Waals surface area contributed by atoms with Crippen LogP contribution in [0, 0.1) is 0 Å². The van der Waals surface area contributed by atoms with E-state index in [1.165, 1.54) is 6.07 Å². The molecule has 21 heavy (non-hydrogen) atoms. The van der Waals surface area contributed by atoms with Crippen molar-refractivity contribution in [3.8, 4) is 5.75 Å². The van der Waals surface area contributed by atoms with Gasteiger partial charge in [0.2, 0.25) is 10.0 Å². The van der Waals surface area contributed by atoms with E-state index in [9.17, 15) is 18.3 Å². The van der Waals surface area contributed by atoms with Crippen molar-refractivity contribution in [1.82, 2.24) is 9.62 Å². The Hall–Kier alpha value is -1.64. The van der Waals surface area contributed by atoms with Gasteiger partial charge < -0.3 is 15.1 Å². The van der Waals surface area contributed by atoms with Gasteiger partial charge in [0.1, 0.15) is 11.3 Å². The summed E-state index contributed by atoms with van der Waals surface area (Å²) < 4.78 is 27.1. The second-order valence-corrected chi connectivity index (χ2v) is 6.90. The number of benzene rings is 1. The van der Waals surface area contributed by atoms with Crippen LogP contribution in [0.5, 0.6) is 5.75 Å². The van der Waals surface area contributed by atoms with Gasteiger partial charge in [0.05, 0.1) is 4.90 Å². The molecule has 0 spiro atoms. The van der Waals surface area contributed by atoms with E-state index < -0.39 is 27.3 Å². The summed E-state index contributed by atoms with van der Waals surface area (Å²) in [6.07, 6.45) is 1.42. The molecule has 0 unspecified atom stereocenters. The van der Waals surface area contributed by atoms with E-state index in [4.69, 9.17) is 5.11 Å². The molecule has 1 fully saturated rings. The van der Waals surface area contributed by atoms with Crippen molar-refractivity contribution < 1.29 is 23.4 Å². The molecule has 8 heteroatoms. The van der Waals surface area contributed by atoms with Crippen molar-refractivity contribution in [2.75, 3.05) is 20.1 Å². The molecule has 116 valence electrons. The van der Waals surface area contributed by atoms with E-state index in [0.717, 1.165) is 25.2 Å². The number of nitrogens with one attached hydrogen (secondary N) is 1. The number of sulfonamides is 1. The van der Waals surface area contributed by atoms with Gasteiger partial charge in [-0.25, -0.2) is 17.9 Å². The molecule has 1 aromatic carbocycles. The predicted octanol–water partition coefficient (Wildman–Crippen LogP) is 0.463. The van der Waals surface area contributed by atoms with E-state index in [2.05, 4.69) is 9.62 Å². The van der Waals surface area contributed by atoms with Crippen LogP contribution in [0.25, 0.3) is 0 Å². The summed E-state index contributed by atoms with van der Waals surface area (Å²) in [5.41, 5.74) is -0.429. The lowest BCUT2D eigenvalue weighted by atomic mass is 10.1. The zero-order valence-corrected chi connectivity index (χ0v) is 12.4. The van der Waals surface area contributed by atoms with Crippen LogP contribution in [0.4, 0.5) is 0 Å². The lowest BCUT2D eigenvalue weighted by molar-refractivity contribution is 0.0693. The van der Waals surface area contributed by atoms with Gasteiger partial charge in [0.15, 0.2) is 0 Å². The van der Waals surface area contributed by atoms with Gasteiger partial charge in [0.25, 0.3) is 0 Å². The topological polar surface area (TPSA) is 107 Å². The van der Waals surface area contributed by atoms with Gasteiger partial charge in [-0.15, -0.1) is 0 Å². The summed E-state index contributed by atoms with van der Waals surface area (Å²) in [5.74, 6) is -1.83. The third-order valence-electron chi connectivity index (χ3n) is 3.55. The first-order valence-corrected chi connectivity index (χ1v) is 8.05. The predicted molar refractivity (Wildman–Crippen MR) is 75.9 cm³/mol. The second-order valence-electron chi connectivity index (χ2n) is 5.18. The quantitative estimate of drug-likeness (QED) is 0.745. The van der Waals surface area contributed by atoms with Crippen LogP contribution in [-0.4, -0.2) is 55.7 Å². The monoisotopic (exact) mass is 314 g/mol. The van der Waals surface area contributed by atoms with Crippen LogP contribution in [0.3, 0.4) is 0 Å². The Morgan fingerprint density at radius 1 is 1.33 bits per heavy atom. The molecule has 0 saturated carbocycles. The summed E-state index contributed by atoms with van der Waals surface area (Å²) in [4.78, 5) is 12.9. The maximum Gasteiger partial charge on any atom is 0.339 e. The molecule has 0 radical (unpaired) electrons. The second kappa shape index (κ2) is 6.00. The first-order chi connectivity index (χ1) is 9.79. The Kier molecular flexibility index (Phi) is 4.50. The number of carboxylic acid groups (broad SMARTS) is 1. The fourth-order valence-corrected chi connectivity index (χ4v) is 3.60. The zero-order chi connectivity index (χ0) is 15.6. The Morgan fingerprint density at radius 3 is 2.52 bits per heavy atom. The minimum atomic E-state index is -3.79. The Bertz CT molecular complexity index is 636. The highest BCUT2D eigenvalue weighted by atomic mass is 32.2. The van der Waals surface area contributed by atoms with Gasteiger partial charge in [-0.2, -0.15) is 0 Å². The molecule has 0 atom stereocenters. The van der Waals surface area contributed by atoms with Gasteiger partial charge in [-0.05, 0) is 51.2 Å². The molecule has 0 aliphatic carbocycles. The SMILES string of the molecule is CN1CCC(NS(=O)(=O)c2ccc(O)c(C(=O)O)c2)CC1. The van der Waals surface area contributed by atoms with E-state index in [1.54, 1.807) is 0 Å². The van der Waals surface area contributed by atoms with Crippen molar-refractivity contribution >= 4 is 16.0 Å². The van der Waals surface area contributed by atoms with Crippen LogP contribution >= 0.6 is 0 Å². The molecule has 2 rings (SSSR count).